The summed E-state index contributed by atoms with van der Waals surface area (Å²) in [7, 11) is -0.446. The molecule has 0 atom stereocenters. The molecule has 0 fully saturated rings. The summed E-state index contributed by atoms with van der Waals surface area (Å²) < 4.78 is 30.8. The van der Waals surface area contributed by atoms with E-state index in [2.05, 4.69) is 15.4 Å². The Hall–Kier alpha value is -2.78. The molecule has 8 nitrogen and oxygen atoms in total. The molecule has 0 aliphatic carbocycles. The van der Waals surface area contributed by atoms with E-state index < -0.39 is 10.0 Å². The van der Waals surface area contributed by atoms with Crippen LogP contribution in [-0.4, -0.2) is 53.6 Å². The third kappa shape index (κ3) is 4.06. The number of aromatic nitrogens is 4. The largest absolute Gasteiger partial charge is 0.492 e. The van der Waals surface area contributed by atoms with E-state index in [4.69, 9.17) is 4.74 Å². The molecule has 0 aliphatic rings. The normalized spacial score (nSPS) is 11.7. The smallest absolute Gasteiger partial charge is 0.242 e. The van der Waals surface area contributed by atoms with E-state index in [0.29, 0.717) is 24.7 Å². The standard InChI is InChI=1S/C17H19N5O3S/c1-21(2)26(23,24)16-10-8-15(9-11-16)25-13-12-22-19-17(18-20-22)14-6-4-3-5-7-14/h3-11H,12-13H2,1-2H3. The van der Waals surface area contributed by atoms with E-state index in [1.165, 1.54) is 35.3 Å². The first-order chi connectivity index (χ1) is 12.5. The molecule has 1 heterocycles. The molecule has 3 aromatic rings. The summed E-state index contributed by atoms with van der Waals surface area (Å²) in [6, 6.07) is 15.9. The van der Waals surface area contributed by atoms with E-state index in [0.717, 1.165) is 5.56 Å². The van der Waals surface area contributed by atoms with E-state index in [1.807, 2.05) is 30.3 Å². The Kier molecular flexibility index (Phi) is 5.29. The molecular formula is C17H19N5O3S. The first-order valence-corrected chi connectivity index (χ1v) is 9.39. The molecule has 26 heavy (non-hydrogen) atoms. The summed E-state index contributed by atoms with van der Waals surface area (Å²) in [4.78, 5) is 1.69. The predicted octanol–water partition coefficient (Wildman–Crippen LogP) is 1.67. The lowest BCUT2D eigenvalue weighted by Crippen LogP contribution is -2.22. The van der Waals surface area contributed by atoms with Gasteiger partial charge in [-0.05, 0) is 29.5 Å². The van der Waals surface area contributed by atoms with Gasteiger partial charge in [0.1, 0.15) is 12.4 Å². The Morgan fingerprint density at radius 2 is 1.73 bits per heavy atom. The minimum absolute atomic E-state index is 0.222. The highest BCUT2D eigenvalue weighted by molar-refractivity contribution is 7.89. The van der Waals surface area contributed by atoms with Gasteiger partial charge in [-0.3, -0.25) is 0 Å². The molecule has 1 aromatic heterocycles. The van der Waals surface area contributed by atoms with Crippen LogP contribution in [0, 0.1) is 0 Å². The maximum atomic E-state index is 12.0. The molecule has 136 valence electrons. The molecule has 0 unspecified atom stereocenters. The average Bonchev–Trinajstić information content (AvgIpc) is 3.12. The molecule has 0 saturated carbocycles. The van der Waals surface area contributed by atoms with Crippen LogP contribution < -0.4 is 4.74 Å². The van der Waals surface area contributed by atoms with Crippen molar-refractivity contribution < 1.29 is 13.2 Å². The van der Waals surface area contributed by atoms with Gasteiger partial charge in [0.05, 0.1) is 11.4 Å². The van der Waals surface area contributed by atoms with Crippen molar-refractivity contribution in [3.8, 4) is 17.1 Å². The van der Waals surface area contributed by atoms with Crippen LogP contribution in [0.3, 0.4) is 0 Å². The van der Waals surface area contributed by atoms with Gasteiger partial charge in [0.25, 0.3) is 0 Å². The zero-order valence-corrected chi connectivity index (χ0v) is 15.3. The molecule has 0 bridgehead atoms. The molecule has 2 aromatic carbocycles. The van der Waals surface area contributed by atoms with Crippen LogP contribution in [0.1, 0.15) is 0 Å². The van der Waals surface area contributed by atoms with Crippen molar-refractivity contribution in [3.63, 3.8) is 0 Å². The number of sulfonamides is 1. The topological polar surface area (TPSA) is 90.2 Å². The highest BCUT2D eigenvalue weighted by atomic mass is 32.2. The second-order valence-electron chi connectivity index (χ2n) is 5.68. The van der Waals surface area contributed by atoms with Crippen LogP contribution in [0.2, 0.25) is 0 Å². The highest BCUT2D eigenvalue weighted by Gasteiger charge is 2.16. The molecule has 0 amide bonds. The molecule has 0 spiro atoms. The third-order valence-electron chi connectivity index (χ3n) is 3.65. The van der Waals surface area contributed by atoms with E-state index in [1.54, 1.807) is 12.1 Å². The minimum atomic E-state index is -3.44. The lowest BCUT2D eigenvalue weighted by atomic mass is 10.2. The molecular weight excluding hydrogens is 354 g/mol. The second-order valence-corrected chi connectivity index (χ2v) is 7.83. The molecule has 0 saturated heterocycles. The maximum Gasteiger partial charge on any atom is 0.242 e. The number of hydrogen-bond acceptors (Lipinski definition) is 6. The van der Waals surface area contributed by atoms with Crippen LogP contribution in [-0.2, 0) is 16.6 Å². The van der Waals surface area contributed by atoms with E-state index >= 15 is 0 Å². The zero-order valence-electron chi connectivity index (χ0n) is 14.5. The summed E-state index contributed by atoms with van der Waals surface area (Å²) in [5, 5.41) is 12.3. The number of nitrogens with zero attached hydrogens (tertiary/aromatic N) is 5. The van der Waals surface area contributed by atoms with E-state index in [9.17, 15) is 8.42 Å². The summed E-state index contributed by atoms with van der Waals surface area (Å²) in [6.07, 6.45) is 0. The van der Waals surface area contributed by atoms with Crippen LogP contribution in [0.15, 0.2) is 59.5 Å². The van der Waals surface area contributed by atoms with Crippen molar-refractivity contribution in [1.29, 1.82) is 0 Å². The number of ether oxygens (including phenoxy) is 1. The summed E-state index contributed by atoms with van der Waals surface area (Å²) in [5.41, 5.74) is 0.900. The lowest BCUT2D eigenvalue weighted by Gasteiger charge is -2.12. The van der Waals surface area contributed by atoms with Crippen molar-refractivity contribution in [1.82, 2.24) is 24.5 Å². The minimum Gasteiger partial charge on any atom is -0.492 e. The van der Waals surface area contributed by atoms with Crippen LogP contribution >= 0.6 is 0 Å². The second kappa shape index (κ2) is 7.63. The van der Waals surface area contributed by atoms with E-state index in [-0.39, 0.29) is 4.90 Å². The molecule has 9 heteroatoms. The van der Waals surface area contributed by atoms with Gasteiger partial charge in [-0.15, -0.1) is 10.2 Å². The fourth-order valence-electron chi connectivity index (χ4n) is 2.20. The van der Waals surface area contributed by atoms with Crippen molar-refractivity contribution in [2.75, 3.05) is 20.7 Å². The van der Waals surface area contributed by atoms with Crippen molar-refractivity contribution in [2.45, 2.75) is 11.4 Å². The van der Waals surface area contributed by atoms with Gasteiger partial charge in [-0.25, -0.2) is 12.7 Å². The Labute approximate surface area is 152 Å². The van der Waals surface area contributed by atoms with Gasteiger partial charge in [-0.1, -0.05) is 30.3 Å². The van der Waals surface area contributed by atoms with Crippen molar-refractivity contribution >= 4 is 10.0 Å². The van der Waals surface area contributed by atoms with Crippen LogP contribution in [0.25, 0.3) is 11.4 Å². The van der Waals surface area contributed by atoms with Crippen LogP contribution in [0.4, 0.5) is 0 Å². The molecule has 0 radical (unpaired) electrons. The number of rotatable bonds is 7. The quantitative estimate of drug-likeness (QED) is 0.626. The Balaban J connectivity index is 1.56. The van der Waals surface area contributed by atoms with Crippen molar-refractivity contribution in [2.24, 2.45) is 0 Å². The van der Waals surface area contributed by atoms with Gasteiger partial charge in [-0.2, -0.15) is 4.80 Å². The van der Waals surface area contributed by atoms with Gasteiger partial charge >= 0.3 is 0 Å². The predicted molar refractivity (Wildman–Crippen MR) is 96.1 cm³/mol. The number of tetrazole rings is 1. The first-order valence-electron chi connectivity index (χ1n) is 7.95. The SMILES string of the molecule is CN(C)S(=O)(=O)c1ccc(OCCn2nnc(-c3ccccc3)n2)cc1. The fraction of sp³-hybridized carbons (Fsp3) is 0.235. The highest BCUT2D eigenvalue weighted by Crippen LogP contribution is 2.18. The zero-order chi connectivity index (χ0) is 18.6. The summed E-state index contributed by atoms with van der Waals surface area (Å²) in [6.45, 7) is 0.766. The monoisotopic (exact) mass is 373 g/mol. The number of benzene rings is 2. The maximum absolute atomic E-state index is 12.0. The molecule has 3 rings (SSSR count). The van der Waals surface area contributed by atoms with Gasteiger partial charge in [0, 0.05) is 19.7 Å². The van der Waals surface area contributed by atoms with Gasteiger partial charge < -0.3 is 4.74 Å². The Morgan fingerprint density at radius 3 is 2.38 bits per heavy atom. The third-order valence-corrected chi connectivity index (χ3v) is 5.48. The Bertz CT molecular complexity index is 954. The van der Waals surface area contributed by atoms with Gasteiger partial charge in [0.2, 0.25) is 15.8 Å². The lowest BCUT2D eigenvalue weighted by molar-refractivity contribution is 0.280. The van der Waals surface area contributed by atoms with Crippen molar-refractivity contribution in [3.05, 3.63) is 54.6 Å². The molecule has 0 N–H and O–H groups in total. The molecule has 0 aliphatic heterocycles. The Morgan fingerprint density at radius 1 is 1.04 bits per heavy atom. The first kappa shape index (κ1) is 18.0. The fourth-order valence-corrected chi connectivity index (χ4v) is 3.11. The average molecular weight is 373 g/mol. The van der Waals surface area contributed by atoms with Crippen LogP contribution in [0.5, 0.6) is 5.75 Å². The summed E-state index contributed by atoms with van der Waals surface area (Å²) >= 11 is 0. The summed E-state index contributed by atoms with van der Waals surface area (Å²) in [5.74, 6) is 1.13. The van der Waals surface area contributed by atoms with Gasteiger partial charge in [0.15, 0.2) is 0 Å². The number of hydrogen-bond donors (Lipinski definition) is 0.